The molecule has 6 nitrogen and oxygen atoms in total. The van der Waals surface area contributed by atoms with E-state index in [2.05, 4.69) is 0 Å². The Morgan fingerprint density at radius 1 is 0.333 bits per heavy atom. The van der Waals surface area contributed by atoms with E-state index in [1.807, 2.05) is 0 Å². The zero-order valence-electron chi connectivity index (χ0n) is 9.15. The van der Waals surface area contributed by atoms with E-state index in [0.717, 1.165) is 0 Å². The van der Waals surface area contributed by atoms with Crippen molar-refractivity contribution in [1.82, 2.24) is 0 Å². The summed E-state index contributed by atoms with van der Waals surface area (Å²) in [4.78, 5) is 0. The van der Waals surface area contributed by atoms with Crippen molar-refractivity contribution in [2.45, 2.75) is 33.6 Å². The lowest BCUT2D eigenvalue weighted by molar-refractivity contribution is -0.748. The van der Waals surface area contributed by atoms with Crippen LogP contribution in [0.2, 0.25) is 0 Å². The van der Waals surface area contributed by atoms with Crippen LogP contribution in [0.25, 0.3) is 0 Å². The van der Waals surface area contributed by atoms with Crippen molar-refractivity contribution >= 4 is 0 Å². The molecule has 0 bridgehead atoms. The number of rotatable bonds is 0. The van der Waals surface area contributed by atoms with E-state index in [1.54, 1.807) is 0 Å². The highest BCUT2D eigenvalue weighted by Gasteiger charge is 3.24. The number of aliphatic hydroxyl groups is 6. The molecule has 96 valence electrons. The van der Waals surface area contributed by atoms with Crippen molar-refractivity contribution in [3.05, 3.63) is 0 Å². The second-order valence-corrected chi connectivity index (χ2v) is 7.75. The van der Waals surface area contributed by atoms with Gasteiger partial charge in [-0.05, 0) is 0 Å². The maximum absolute atomic E-state index is 10.6. The molecule has 0 radical (unpaired) electrons. The molecule has 0 unspecified atom stereocenters. The third-order valence-corrected chi connectivity index (χ3v) is 8.70. The average molecular weight is 252 g/mol. The zero-order chi connectivity index (χ0) is 12.5. The fourth-order valence-corrected chi connectivity index (χ4v) is 8.67. The highest BCUT2D eigenvalue weighted by molar-refractivity contribution is 5.73. The molecule has 0 saturated heterocycles. The molecule has 6 rings (SSSR count). The van der Waals surface area contributed by atoms with Gasteiger partial charge in [0.15, 0.2) is 0 Å². The molecule has 0 aliphatic heterocycles. The fourth-order valence-electron chi connectivity index (χ4n) is 8.67. The van der Waals surface area contributed by atoms with Crippen LogP contribution in [0.4, 0.5) is 0 Å². The molecule has 6 fully saturated rings. The van der Waals surface area contributed by atoms with Gasteiger partial charge in [-0.2, -0.15) is 0 Å². The summed E-state index contributed by atoms with van der Waals surface area (Å²) in [5.41, 5.74) is -11.0. The third kappa shape index (κ3) is 0.265. The minimum Gasteiger partial charge on any atom is -0.383 e. The van der Waals surface area contributed by atoms with Crippen molar-refractivity contribution in [2.75, 3.05) is 0 Å². The molecule has 6 saturated carbocycles. The average Bonchev–Trinajstić information content (AvgIpc) is 2.38. The maximum Gasteiger partial charge on any atom is 0.132 e. The highest BCUT2D eigenvalue weighted by atomic mass is 16.5. The van der Waals surface area contributed by atoms with E-state index >= 15 is 0 Å². The Morgan fingerprint density at radius 3 is 0.556 bits per heavy atom. The normalized spacial score (nSPS) is 101. The topological polar surface area (TPSA) is 121 Å². The SMILES string of the molecule is OC12C3C4C5C6C7C3C1(O)C7(O)C6(O)C5(O)C42O. The Kier molecular flexibility index (Phi) is 0.707. The standard InChI is InChI=1S/C12H12O6/c13-7-1-2-4-6-5-3(1)9(7,15)11(5,17)12(6,18)10(4,16)8(2,7)14/h1-6,13-18H. The van der Waals surface area contributed by atoms with E-state index in [1.165, 1.54) is 0 Å². The van der Waals surface area contributed by atoms with E-state index < -0.39 is 33.6 Å². The van der Waals surface area contributed by atoms with Crippen molar-refractivity contribution in [1.29, 1.82) is 0 Å². The maximum atomic E-state index is 10.6. The molecule has 0 aromatic heterocycles. The molecule has 0 spiro atoms. The van der Waals surface area contributed by atoms with Crippen molar-refractivity contribution in [3.8, 4) is 0 Å². The summed E-state index contributed by atoms with van der Waals surface area (Å²) in [5, 5.41) is 63.8. The summed E-state index contributed by atoms with van der Waals surface area (Å²) in [5.74, 6) is -1.31. The summed E-state index contributed by atoms with van der Waals surface area (Å²) in [7, 11) is 0. The molecule has 0 amide bonds. The summed E-state index contributed by atoms with van der Waals surface area (Å²) >= 11 is 0. The Bertz CT molecular complexity index is 462. The summed E-state index contributed by atoms with van der Waals surface area (Å²) < 4.78 is 0. The number of hydrogen-bond acceptors (Lipinski definition) is 6. The first kappa shape index (κ1) is 8.84. The van der Waals surface area contributed by atoms with Gasteiger partial charge in [-0.15, -0.1) is 0 Å². The summed E-state index contributed by atoms with van der Waals surface area (Å²) in [6.07, 6.45) is 0. The van der Waals surface area contributed by atoms with Crippen LogP contribution in [0.5, 0.6) is 0 Å². The van der Waals surface area contributed by atoms with Gasteiger partial charge in [0.1, 0.15) is 33.6 Å². The molecule has 6 aliphatic rings. The van der Waals surface area contributed by atoms with Crippen molar-refractivity contribution in [3.63, 3.8) is 0 Å². The summed E-state index contributed by atoms with van der Waals surface area (Å²) in [6, 6.07) is 0. The molecule has 0 atom stereocenters. The van der Waals surface area contributed by atoms with Crippen LogP contribution >= 0.6 is 0 Å². The lowest BCUT2D eigenvalue weighted by Crippen LogP contribution is -3.30. The molecule has 18 heavy (non-hydrogen) atoms. The quantitative estimate of drug-likeness (QED) is 0.246. The van der Waals surface area contributed by atoms with Crippen LogP contribution in [0.1, 0.15) is 0 Å². The van der Waals surface area contributed by atoms with Gasteiger partial charge in [-0.3, -0.25) is 0 Å². The minimum atomic E-state index is -1.83. The van der Waals surface area contributed by atoms with Crippen LogP contribution in [0.3, 0.4) is 0 Å². The van der Waals surface area contributed by atoms with E-state index in [-0.39, 0.29) is 35.5 Å². The lowest BCUT2D eigenvalue weighted by Gasteiger charge is -3.12. The predicted molar refractivity (Wildman–Crippen MR) is 50.6 cm³/mol. The molecule has 0 heterocycles. The monoisotopic (exact) mass is 252 g/mol. The smallest absolute Gasteiger partial charge is 0.132 e. The van der Waals surface area contributed by atoms with Crippen LogP contribution in [-0.2, 0) is 0 Å². The van der Waals surface area contributed by atoms with Crippen molar-refractivity contribution < 1.29 is 30.6 Å². The Balaban J connectivity index is 1.68. The highest BCUT2D eigenvalue weighted by Crippen LogP contribution is 3.06. The Labute approximate surface area is 100 Å². The van der Waals surface area contributed by atoms with E-state index in [9.17, 15) is 30.6 Å². The minimum absolute atomic E-state index is 0.218. The van der Waals surface area contributed by atoms with Gasteiger partial charge in [-0.25, -0.2) is 0 Å². The van der Waals surface area contributed by atoms with Crippen LogP contribution in [0.15, 0.2) is 0 Å². The number of fused-ring (bicyclic) bond motifs is 18. The van der Waals surface area contributed by atoms with Crippen molar-refractivity contribution in [2.24, 2.45) is 35.5 Å². The molecule has 6 heteroatoms. The van der Waals surface area contributed by atoms with Gasteiger partial charge in [-0.1, -0.05) is 0 Å². The van der Waals surface area contributed by atoms with Gasteiger partial charge in [0, 0.05) is 35.5 Å². The fraction of sp³-hybridized carbons (Fsp3) is 1.00. The Morgan fingerprint density at radius 2 is 0.444 bits per heavy atom. The first-order valence-corrected chi connectivity index (χ1v) is 6.57. The largest absolute Gasteiger partial charge is 0.383 e. The van der Waals surface area contributed by atoms with Gasteiger partial charge in [0.2, 0.25) is 0 Å². The Hall–Kier alpha value is -0.240. The summed E-state index contributed by atoms with van der Waals surface area (Å²) in [6.45, 7) is 0. The molecule has 6 aliphatic carbocycles. The molecule has 0 aromatic carbocycles. The van der Waals surface area contributed by atoms with Gasteiger partial charge in [0.25, 0.3) is 0 Å². The predicted octanol–water partition coefficient (Wildman–Crippen LogP) is -3.83. The molecular formula is C12H12O6. The van der Waals surface area contributed by atoms with Gasteiger partial charge in [0.05, 0.1) is 0 Å². The second-order valence-electron chi connectivity index (χ2n) is 7.75. The zero-order valence-corrected chi connectivity index (χ0v) is 9.15. The lowest BCUT2D eigenvalue weighted by atomic mass is 8.94. The first-order valence-electron chi connectivity index (χ1n) is 6.57. The molecule has 0 aromatic rings. The first-order chi connectivity index (χ1) is 8.23. The van der Waals surface area contributed by atoms with Crippen LogP contribution in [-0.4, -0.2) is 64.2 Å². The van der Waals surface area contributed by atoms with Gasteiger partial charge < -0.3 is 30.6 Å². The van der Waals surface area contributed by atoms with E-state index in [0.29, 0.717) is 0 Å². The van der Waals surface area contributed by atoms with Crippen LogP contribution in [0, 0.1) is 35.5 Å². The van der Waals surface area contributed by atoms with E-state index in [4.69, 9.17) is 0 Å². The molecular weight excluding hydrogens is 240 g/mol. The van der Waals surface area contributed by atoms with Crippen LogP contribution < -0.4 is 0 Å². The third-order valence-electron chi connectivity index (χ3n) is 8.70. The number of hydrogen-bond donors (Lipinski definition) is 6. The molecule has 6 N–H and O–H groups in total. The second kappa shape index (κ2) is 1.44. The van der Waals surface area contributed by atoms with Gasteiger partial charge >= 0.3 is 0 Å².